The summed E-state index contributed by atoms with van der Waals surface area (Å²) in [4.78, 5) is 19.3. The van der Waals surface area contributed by atoms with Gasteiger partial charge in [0.25, 0.3) is 0 Å². The van der Waals surface area contributed by atoms with Crippen molar-refractivity contribution >= 4 is 23.2 Å². The minimum atomic E-state index is -0.144. The number of para-hydroxylation sites is 1. The zero-order valence-corrected chi connectivity index (χ0v) is 16.2. The molecule has 4 nitrogen and oxygen atoms in total. The maximum absolute atomic E-state index is 12.9. The highest BCUT2D eigenvalue weighted by atomic mass is 35.5. The average Bonchev–Trinajstić information content (AvgIpc) is 2.69. The molecule has 5 heteroatoms. The van der Waals surface area contributed by atoms with Crippen LogP contribution < -0.4 is 4.90 Å². The SMILES string of the molecule is CC(C(=O)N1CCN(c2ccccc2)CC1)N(C)Cc1ccc(Cl)cc1. The maximum atomic E-state index is 12.9. The van der Waals surface area contributed by atoms with Crippen LogP contribution in [-0.4, -0.2) is 55.0 Å². The van der Waals surface area contributed by atoms with Crippen LogP contribution >= 0.6 is 11.6 Å². The van der Waals surface area contributed by atoms with Gasteiger partial charge in [-0.25, -0.2) is 0 Å². The predicted molar refractivity (Wildman–Crippen MR) is 108 cm³/mol. The molecule has 3 rings (SSSR count). The van der Waals surface area contributed by atoms with E-state index in [0.29, 0.717) is 0 Å². The van der Waals surface area contributed by atoms with Crippen molar-refractivity contribution in [3.63, 3.8) is 0 Å². The first-order valence-electron chi connectivity index (χ1n) is 9.08. The standard InChI is InChI=1S/C21H26ClN3O/c1-17(23(2)16-18-8-10-19(22)11-9-18)21(26)25-14-12-24(13-15-25)20-6-4-3-5-7-20/h3-11,17H,12-16H2,1-2H3. The fraction of sp³-hybridized carbons (Fsp3) is 0.381. The molecule has 1 unspecified atom stereocenters. The maximum Gasteiger partial charge on any atom is 0.239 e. The summed E-state index contributed by atoms with van der Waals surface area (Å²) in [5.74, 6) is 0.203. The van der Waals surface area contributed by atoms with Gasteiger partial charge >= 0.3 is 0 Å². The number of hydrogen-bond donors (Lipinski definition) is 0. The van der Waals surface area contributed by atoms with Gasteiger partial charge in [0.1, 0.15) is 0 Å². The van der Waals surface area contributed by atoms with E-state index in [-0.39, 0.29) is 11.9 Å². The number of nitrogens with zero attached hydrogens (tertiary/aromatic N) is 3. The van der Waals surface area contributed by atoms with Gasteiger partial charge in [-0.15, -0.1) is 0 Å². The van der Waals surface area contributed by atoms with E-state index in [0.717, 1.165) is 43.3 Å². The molecule has 138 valence electrons. The smallest absolute Gasteiger partial charge is 0.239 e. The van der Waals surface area contributed by atoms with Gasteiger partial charge in [0, 0.05) is 43.4 Å². The number of anilines is 1. The second kappa shape index (κ2) is 8.56. The Bertz CT molecular complexity index is 712. The fourth-order valence-corrected chi connectivity index (χ4v) is 3.42. The van der Waals surface area contributed by atoms with E-state index in [1.165, 1.54) is 5.69 Å². The summed E-state index contributed by atoms with van der Waals surface area (Å²) in [5, 5.41) is 0.733. The van der Waals surface area contributed by atoms with Crippen LogP contribution in [0.1, 0.15) is 12.5 Å². The highest BCUT2D eigenvalue weighted by Crippen LogP contribution is 2.17. The van der Waals surface area contributed by atoms with Crippen molar-refractivity contribution in [3.8, 4) is 0 Å². The van der Waals surface area contributed by atoms with Crippen molar-refractivity contribution in [1.29, 1.82) is 0 Å². The Hall–Kier alpha value is -2.04. The molecular weight excluding hydrogens is 346 g/mol. The molecule has 2 aromatic carbocycles. The van der Waals surface area contributed by atoms with Gasteiger partial charge in [0.2, 0.25) is 5.91 Å². The molecule has 1 saturated heterocycles. The monoisotopic (exact) mass is 371 g/mol. The summed E-state index contributed by atoms with van der Waals surface area (Å²) < 4.78 is 0. The number of carbonyl (C=O) groups excluding carboxylic acids is 1. The molecule has 0 aliphatic carbocycles. The van der Waals surface area contributed by atoms with Crippen molar-refractivity contribution in [3.05, 3.63) is 65.2 Å². The molecule has 26 heavy (non-hydrogen) atoms. The number of halogens is 1. The quantitative estimate of drug-likeness (QED) is 0.804. The largest absolute Gasteiger partial charge is 0.368 e. The number of carbonyl (C=O) groups is 1. The van der Waals surface area contributed by atoms with Gasteiger partial charge in [-0.3, -0.25) is 9.69 Å². The zero-order valence-electron chi connectivity index (χ0n) is 15.4. The number of hydrogen-bond acceptors (Lipinski definition) is 3. The third-order valence-electron chi connectivity index (χ3n) is 5.08. The van der Waals surface area contributed by atoms with Crippen LogP contribution in [0, 0.1) is 0 Å². The third-order valence-corrected chi connectivity index (χ3v) is 5.33. The Balaban J connectivity index is 1.53. The summed E-state index contributed by atoms with van der Waals surface area (Å²) in [6, 6.07) is 18.0. The Kier molecular flexibility index (Phi) is 6.17. The van der Waals surface area contributed by atoms with Gasteiger partial charge < -0.3 is 9.80 Å². The molecule has 0 aromatic heterocycles. The molecule has 0 radical (unpaired) electrons. The normalized spacial score (nSPS) is 16.0. The van der Waals surface area contributed by atoms with Crippen LogP contribution in [0.3, 0.4) is 0 Å². The van der Waals surface area contributed by atoms with Crippen LogP contribution in [0.5, 0.6) is 0 Å². The highest BCUT2D eigenvalue weighted by molar-refractivity contribution is 6.30. The van der Waals surface area contributed by atoms with Gasteiger partial charge in [-0.05, 0) is 43.8 Å². The number of benzene rings is 2. The average molecular weight is 372 g/mol. The number of piperazine rings is 1. The molecular formula is C21H26ClN3O. The topological polar surface area (TPSA) is 26.8 Å². The lowest BCUT2D eigenvalue weighted by Gasteiger charge is -2.38. The Morgan fingerprint density at radius 3 is 2.27 bits per heavy atom. The fourth-order valence-electron chi connectivity index (χ4n) is 3.29. The summed E-state index contributed by atoms with van der Waals surface area (Å²) in [5.41, 5.74) is 2.39. The van der Waals surface area contributed by atoms with Gasteiger partial charge in [0.15, 0.2) is 0 Å². The van der Waals surface area contributed by atoms with E-state index in [4.69, 9.17) is 11.6 Å². The summed E-state index contributed by atoms with van der Waals surface area (Å²) in [7, 11) is 2.00. The van der Waals surface area contributed by atoms with Crippen molar-refractivity contribution in [2.24, 2.45) is 0 Å². The molecule has 1 aliphatic rings. The predicted octanol–water partition coefficient (Wildman–Crippen LogP) is 3.51. The summed E-state index contributed by atoms with van der Waals surface area (Å²) in [6.07, 6.45) is 0. The van der Waals surface area contributed by atoms with Crippen LogP contribution in [0.4, 0.5) is 5.69 Å². The molecule has 0 N–H and O–H groups in total. The van der Waals surface area contributed by atoms with E-state index in [9.17, 15) is 4.79 Å². The van der Waals surface area contributed by atoms with E-state index >= 15 is 0 Å². The van der Waals surface area contributed by atoms with Gasteiger partial charge in [-0.2, -0.15) is 0 Å². The molecule has 0 bridgehead atoms. The van der Waals surface area contributed by atoms with E-state index in [1.807, 2.05) is 49.2 Å². The van der Waals surface area contributed by atoms with E-state index in [2.05, 4.69) is 34.1 Å². The molecule has 1 aliphatic heterocycles. The van der Waals surface area contributed by atoms with Crippen molar-refractivity contribution in [2.75, 3.05) is 38.1 Å². The second-order valence-corrected chi connectivity index (χ2v) is 7.30. The summed E-state index contributed by atoms with van der Waals surface area (Å²) in [6.45, 7) is 6.02. The molecule has 0 saturated carbocycles. The highest BCUT2D eigenvalue weighted by Gasteiger charge is 2.27. The van der Waals surface area contributed by atoms with Crippen LogP contribution in [0.2, 0.25) is 5.02 Å². The van der Waals surface area contributed by atoms with Gasteiger partial charge in [0.05, 0.1) is 6.04 Å². The minimum absolute atomic E-state index is 0.144. The van der Waals surface area contributed by atoms with Crippen LogP contribution in [0.25, 0.3) is 0 Å². The molecule has 1 atom stereocenters. The lowest BCUT2D eigenvalue weighted by molar-refractivity contribution is -0.136. The molecule has 2 aromatic rings. The zero-order chi connectivity index (χ0) is 18.5. The first kappa shape index (κ1) is 18.7. The van der Waals surface area contributed by atoms with E-state index in [1.54, 1.807) is 0 Å². The van der Waals surface area contributed by atoms with Crippen LogP contribution in [-0.2, 0) is 11.3 Å². The molecule has 1 heterocycles. The van der Waals surface area contributed by atoms with Crippen molar-refractivity contribution in [2.45, 2.75) is 19.5 Å². The first-order chi connectivity index (χ1) is 12.5. The summed E-state index contributed by atoms with van der Waals surface area (Å²) >= 11 is 5.94. The van der Waals surface area contributed by atoms with E-state index < -0.39 is 0 Å². The number of likely N-dealkylation sites (N-methyl/N-ethyl adjacent to an activating group) is 1. The Morgan fingerprint density at radius 2 is 1.65 bits per heavy atom. The van der Waals surface area contributed by atoms with Crippen molar-refractivity contribution in [1.82, 2.24) is 9.80 Å². The lowest BCUT2D eigenvalue weighted by atomic mass is 10.1. The lowest BCUT2D eigenvalue weighted by Crippen LogP contribution is -2.53. The van der Waals surface area contributed by atoms with Gasteiger partial charge in [-0.1, -0.05) is 41.9 Å². The first-order valence-corrected chi connectivity index (χ1v) is 9.46. The Morgan fingerprint density at radius 1 is 1.04 bits per heavy atom. The third kappa shape index (κ3) is 4.57. The number of rotatable bonds is 5. The minimum Gasteiger partial charge on any atom is -0.368 e. The van der Waals surface area contributed by atoms with Crippen molar-refractivity contribution < 1.29 is 4.79 Å². The Labute approximate surface area is 161 Å². The molecule has 1 fully saturated rings. The second-order valence-electron chi connectivity index (χ2n) is 6.87. The molecule has 0 spiro atoms. The molecule has 1 amide bonds. The number of amides is 1. The van der Waals surface area contributed by atoms with Crippen LogP contribution in [0.15, 0.2) is 54.6 Å².